The predicted octanol–water partition coefficient (Wildman–Crippen LogP) is 3.38. The van der Waals surface area contributed by atoms with E-state index in [1.807, 2.05) is 73.3 Å². The molecule has 3 rings (SSSR count). The number of benzene rings is 2. The lowest BCUT2D eigenvalue weighted by molar-refractivity contribution is -0.122. The number of aryl methyl sites for hydroxylation is 1. The Kier molecular flexibility index (Phi) is 4.42. The zero-order valence-corrected chi connectivity index (χ0v) is 13.5. The Morgan fingerprint density at radius 2 is 1.83 bits per heavy atom. The van der Waals surface area contributed by atoms with Gasteiger partial charge in [-0.05, 0) is 18.1 Å². The summed E-state index contributed by atoms with van der Waals surface area (Å²) in [5.41, 5.74) is 3.03. The van der Waals surface area contributed by atoms with E-state index in [-0.39, 0.29) is 11.8 Å². The molecule has 0 saturated heterocycles. The normalized spacial score (nSPS) is 12.3. The number of para-hydroxylation sites is 1. The van der Waals surface area contributed by atoms with Gasteiger partial charge in [-0.1, -0.05) is 55.5 Å². The van der Waals surface area contributed by atoms with Crippen molar-refractivity contribution >= 4 is 16.8 Å². The number of hydrogen-bond donors (Lipinski definition) is 1. The second-order valence-corrected chi connectivity index (χ2v) is 5.68. The number of nitrogens with zero attached hydrogens (tertiary/aromatic N) is 2. The van der Waals surface area contributed by atoms with Crippen LogP contribution in [0.1, 0.15) is 30.5 Å². The maximum absolute atomic E-state index is 12.5. The Morgan fingerprint density at radius 1 is 1.13 bits per heavy atom. The zero-order valence-electron chi connectivity index (χ0n) is 13.5. The van der Waals surface area contributed by atoms with Crippen LogP contribution in [0.2, 0.25) is 0 Å². The maximum Gasteiger partial charge on any atom is 0.227 e. The minimum Gasteiger partial charge on any atom is -0.350 e. The molecule has 1 heterocycles. The van der Waals surface area contributed by atoms with Gasteiger partial charge in [0.25, 0.3) is 0 Å². The van der Waals surface area contributed by atoms with E-state index in [0.29, 0.717) is 6.54 Å². The van der Waals surface area contributed by atoms with Crippen LogP contribution in [0, 0.1) is 0 Å². The molecule has 1 atom stereocenters. The van der Waals surface area contributed by atoms with Crippen LogP contribution in [0.25, 0.3) is 10.9 Å². The van der Waals surface area contributed by atoms with E-state index < -0.39 is 0 Å². The molecular weight excluding hydrogens is 286 g/mol. The van der Waals surface area contributed by atoms with Crippen molar-refractivity contribution in [2.45, 2.75) is 25.8 Å². The zero-order chi connectivity index (χ0) is 16.2. The van der Waals surface area contributed by atoms with E-state index >= 15 is 0 Å². The summed E-state index contributed by atoms with van der Waals surface area (Å²) in [6.45, 7) is 2.48. The monoisotopic (exact) mass is 307 g/mol. The summed E-state index contributed by atoms with van der Waals surface area (Å²) < 4.78 is 1.85. The van der Waals surface area contributed by atoms with Gasteiger partial charge in [0.15, 0.2) is 0 Å². The van der Waals surface area contributed by atoms with Crippen LogP contribution in [0.15, 0.2) is 54.6 Å². The second-order valence-electron chi connectivity index (χ2n) is 5.68. The lowest BCUT2D eigenvalue weighted by atomic mass is 9.95. The lowest BCUT2D eigenvalue weighted by Gasteiger charge is -2.15. The Labute approximate surface area is 136 Å². The predicted molar refractivity (Wildman–Crippen MR) is 92.0 cm³/mol. The van der Waals surface area contributed by atoms with Crippen LogP contribution in [0.4, 0.5) is 0 Å². The van der Waals surface area contributed by atoms with E-state index in [2.05, 4.69) is 10.4 Å². The number of aromatic nitrogens is 2. The SMILES string of the molecule is CC[C@H](C(=O)NCc1nn(C)c2ccccc12)c1ccccc1. The maximum atomic E-state index is 12.5. The minimum absolute atomic E-state index is 0.0495. The van der Waals surface area contributed by atoms with Crippen molar-refractivity contribution in [2.24, 2.45) is 7.05 Å². The van der Waals surface area contributed by atoms with E-state index in [4.69, 9.17) is 0 Å². The summed E-state index contributed by atoms with van der Waals surface area (Å²) >= 11 is 0. The van der Waals surface area contributed by atoms with Gasteiger partial charge in [0.2, 0.25) is 5.91 Å². The van der Waals surface area contributed by atoms with Crippen LogP contribution >= 0.6 is 0 Å². The number of hydrogen-bond acceptors (Lipinski definition) is 2. The van der Waals surface area contributed by atoms with Gasteiger partial charge in [0, 0.05) is 12.4 Å². The molecule has 0 aliphatic rings. The third-order valence-electron chi connectivity index (χ3n) is 4.19. The molecule has 0 radical (unpaired) electrons. The first kappa shape index (κ1) is 15.3. The summed E-state index contributed by atoms with van der Waals surface area (Å²) in [6.07, 6.45) is 0.777. The largest absolute Gasteiger partial charge is 0.350 e. The van der Waals surface area contributed by atoms with E-state index in [0.717, 1.165) is 28.6 Å². The first-order valence-electron chi connectivity index (χ1n) is 7.94. The molecule has 1 aromatic heterocycles. The van der Waals surface area contributed by atoms with Gasteiger partial charge in [-0.25, -0.2) is 0 Å². The van der Waals surface area contributed by atoms with Crippen molar-refractivity contribution in [3.63, 3.8) is 0 Å². The highest BCUT2D eigenvalue weighted by atomic mass is 16.1. The average Bonchev–Trinajstić information content (AvgIpc) is 2.91. The summed E-state index contributed by atoms with van der Waals surface area (Å²) in [5.74, 6) is -0.0698. The molecule has 1 N–H and O–H groups in total. The molecule has 0 aliphatic carbocycles. The first-order chi connectivity index (χ1) is 11.2. The molecule has 3 aromatic rings. The molecule has 0 unspecified atom stereocenters. The average molecular weight is 307 g/mol. The van der Waals surface area contributed by atoms with Crippen molar-refractivity contribution in [1.29, 1.82) is 0 Å². The summed E-state index contributed by atoms with van der Waals surface area (Å²) in [5, 5.41) is 8.65. The molecule has 2 aromatic carbocycles. The van der Waals surface area contributed by atoms with Crippen LogP contribution in [0.3, 0.4) is 0 Å². The van der Waals surface area contributed by atoms with Gasteiger partial charge in [-0.2, -0.15) is 5.10 Å². The molecule has 0 aliphatic heterocycles. The van der Waals surface area contributed by atoms with Crippen molar-refractivity contribution < 1.29 is 4.79 Å². The van der Waals surface area contributed by atoms with Crippen LogP contribution in [-0.2, 0) is 18.4 Å². The van der Waals surface area contributed by atoms with Gasteiger partial charge in [-0.15, -0.1) is 0 Å². The Hall–Kier alpha value is -2.62. The molecule has 4 nitrogen and oxygen atoms in total. The standard InChI is InChI=1S/C19H21N3O/c1-3-15(14-9-5-4-6-10-14)19(23)20-13-17-16-11-7-8-12-18(16)22(2)21-17/h4-12,15H,3,13H2,1-2H3,(H,20,23)/t15-/m0/s1. The minimum atomic E-state index is -0.119. The van der Waals surface area contributed by atoms with Gasteiger partial charge >= 0.3 is 0 Å². The van der Waals surface area contributed by atoms with E-state index in [1.54, 1.807) is 0 Å². The van der Waals surface area contributed by atoms with Crippen LogP contribution < -0.4 is 5.32 Å². The molecule has 1 amide bonds. The third kappa shape index (κ3) is 3.11. The number of amides is 1. The second kappa shape index (κ2) is 6.65. The third-order valence-corrected chi connectivity index (χ3v) is 4.19. The lowest BCUT2D eigenvalue weighted by Crippen LogP contribution is -2.29. The van der Waals surface area contributed by atoms with Gasteiger partial charge in [0.05, 0.1) is 23.7 Å². The number of rotatable bonds is 5. The number of nitrogens with one attached hydrogen (secondary N) is 1. The summed E-state index contributed by atoms with van der Waals surface area (Å²) in [7, 11) is 1.92. The fraction of sp³-hybridized carbons (Fsp3) is 0.263. The Bertz CT molecular complexity index is 808. The van der Waals surface area contributed by atoms with E-state index in [9.17, 15) is 4.79 Å². The molecule has 118 valence electrons. The molecule has 0 saturated carbocycles. The number of fused-ring (bicyclic) bond motifs is 1. The van der Waals surface area contributed by atoms with E-state index in [1.165, 1.54) is 0 Å². The molecule has 4 heteroatoms. The smallest absolute Gasteiger partial charge is 0.227 e. The van der Waals surface area contributed by atoms with Crippen molar-refractivity contribution in [3.8, 4) is 0 Å². The molecular formula is C19H21N3O. The highest BCUT2D eigenvalue weighted by molar-refractivity contribution is 5.85. The van der Waals surface area contributed by atoms with Gasteiger partial charge in [-0.3, -0.25) is 9.48 Å². The molecule has 0 spiro atoms. The summed E-state index contributed by atoms with van der Waals surface area (Å²) in [6, 6.07) is 18.0. The van der Waals surface area contributed by atoms with Crippen molar-refractivity contribution in [3.05, 3.63) is 65.9 Å². The molecule has 0 bridgehead atoms. The first-order valence-corrected chi connectivity index (χ1v) is 7.94. The Balaban J connectivity index is 1.75. The quantitative estimate of drug-likeness (QED) is 0.785. The number of carbonyl (C=O) groups is 1. The molecule has 23 heavy (non-hydrogen) atoms. The Morgan fingerprint density at radius 3 is 2.57 bits per heavy atom. The topological polar surface area (TPSA) is 46.9 Å². The fourth-order valence-corrected chi connectivity index (χ4v) is 2.97. The highest BCUT2D eigenvalue weighted by Gasteiger charge is 2.18. The van der Waals surface area contributed by atoms with Crippen molar-refractivity contribution in [1.82, 2.24) is 15.1 Å². The van der Waals surface area contributed by atoms with Crippen LogP contribution in [-0.4, -0.2) is 15.7 Å². The van der Waals surface area contributed by atoms with Crippen LogP contribution in [0.5, 0.6) is 0 Å². The van der Waals surface area contributed by atoms with Crippen molar-refractivity contribution in [2.75, 3.05) is 0 Å². The number of carbonyl (C=O) groups excluding carboxylic acids is 1. The van der Waals surface area contributed by atoms with Gasteiger partial charge in [0.1, 0.15) is 0 Å². The summed E-state index contributed by atoms with van der Waals surface area (Å²) in [4.78, 5) is 12.5. The molecule has 0 fully saturated rings. The van der Waals surface area contributed by atoms with Gasteiger partial charge < -0.3 is 5.32 Å². The highest BCUT2D eigenvalue weighted by Crippen LogP contribution is 2.20. The fourth-order valence-electron chi connectivity index (χ4n) is 2.97.